The zero-order valence-electron chi connectivity index (χ0n) is 19.0. The molecule has 0 saturated heterocycles. The first-order valence-electron chi connectivity index (χ1n) is 10.2. The predicted molar refractivity (Wildman–Crippen MR) is 120 cm³/mol. The third-order valence-corrected chi connectivity index (χ3v) is 4.70. The summed E-state index contributed by atoms with van der Waals surface area (Å²) in [6, 6.07) is 9.02. The van der Waals surface area contributed by atoms with Gasteiger partial charge in [-0.05, 0) is 57.0 Å². The van der Waals surface area contributed by atoms with Gasteiger partial charge in [0.05, 0.1) is 12.5 Å². The van der Waals surface area contributed by atoms with Crippen molar-refractivity contribution < 1.29 is 28.2 Å². The Kier molecular flexibility index (Phi) is 6.43. The van der Waals surface area contributed by atoms with Crippen molar-refractivity contribution in [2.45, 2.75) is 46.3 Å². The molecule has 0 aliphatic rings. The molecule has 0 aliphatic heterocycles. The SMILES string of the molecule is COc1ccc2c(c1)c(=O)oc1cc(OC(=O)[C@@H](NC(=O)OC(C)(C)C)C(C)C)ccc12. The lowest BCUT2D eigenvalue weighted by atomic mass is 10.0. The van der Waals surface area contributed by atoms with Crippen molar-refractivity contribution in [2.75, 3.05) is 7.11 Å². The number of rotatable bonds is 5. The smallest absolute Gasteiger partial charge is 0.408 e. The van der Waals surface area contributed by atoms with Gasteiger partial charge in [-0.1, -0.05) is 13.8 Å². The van der Waals surface area contributed by atoms with Crippen molar-refractivity contribution in [1.29, 1.82) is 0 Å². The third-order valence-electron chi connectivity index (χ3n) is 4.70. The van der Waals surface area contributed by atoms with E-state index in [-0.39, 0.29) is 17.3 Å². The molecule has 1 amide bonds. The number of ether oxygens (including phenoxy) is 3. The van der Waals surface area contributed by atoms with E-state index in [1.54, 1.807) is 65.0 Å². The zero-order chi connectivity index (χ0) is 23.6. The number of amides is 1. The van der Waals surface area contributed by atoms with E-state index in [1.165, 1.54) is 13.2 Å². The van der Waals surface area contributed by atoms with Crippen LogP contribution >= 0.6 is 0 Å². The molecular formula is C24H27NO7. The van der Waals surface area contributed by atoms with E-state index in [0.29, 0.717) is 21.9 Å². The zero-order valence-corrected chi connectivity index (χ0v) is 19.0. The molecule has 3 aromatic rings. The van der Waals surface area contributed by atoms with E-state index in [2.05, 4.69) is 5.32 Å². The Balaban J connectivity index is 1.87. The topological polar surface area (TPSA) is 104 Å². The Morgan fingerprint density at radius 3 is 2.25 bits per heavy atom. The number of fused-ring (bicyclic) bond motifs is 3. The number of methoxy groups -OCH3 is 1. The molecule has 0 saturated carbocycles. The molecule has 170 valence electrons. The van der Waals surface area contributed by atoms with E-state index >= 15 is 0 Å². The fourth-order valence-electron chi connectivity index (χ4n) is 3.19. The molecule has 8 nitrogen and oxygen atoms in total. The van der Waals surface area contributed by atoms with Crippen molar-refractivity contribution in [1.82, 2.24) is 5.32 Å². The lowest BCUT2D eigenvalue weighted by Crippen LogP contribution is -2.48. The molecule has 0 spiro atoms. The van der Waals surface area contributed by atoms with Gasteiger partial charge >= 0.3 is 17.7 Å². The van der Waals surface area contributed by atoms with Gasteiger partial charge in [-0.3, -0.25) is 0 Å². The summed E-state index contributed by atoms with van der Waals surface area (Å²) in [5.74, 6) is -0.160. The summed E-state index contributed by atoms with van der Waals surface area (Å²) in [6.07, 6.45) is -0.709. The Labute approximate surface area is 185 Å². The van der Waals surface area contributed by atoms with Crippen LogP contribution < -0.4 is 20.4 Å². The van der Waals surface area contributed by atoms with Crippen LogP contribution in [0.3, 0.4) is 0 Å². The molecule has 3 rings (SSSR count). The summed E-state index contributed by atoms with van der Waals surface area (Å²) < 4.78 is 21.3. The normalized spacial score (nSPS) is 12.6. The third kappa shape index (κ3) is 5.19. The number of alkyl carbamates (subject to hydrolysis) is 1. The van der Waals surface area contributed by atoms with Crippen LogP contribution in [0.4, 0.5) is 4.79 Å². The van der Waals surface area contributed by atoms with Crippen LogP contribution in [0.25, 0.3) is 21.7 Å². The van der Waals surface area contributed by atoms with E-state index in [1.807, 2.05) is 0 Å². The van der Waals surface area contributed by atoms with Gasteiger partial charge in [-0.2, -0.15) is 0 Å². The van der Waals surface area contributed by atoms with Crippen LogP contribution in [0.2, 0.25) is 0 Å². The van der Waals surface area contributed by atoms with Gasteiger partial charge in [0.2, 0.25) is 0 Å². The van der Waals surface area contributed by atoms with Crippen LogP contribution in [0.5, 0.6) is 11.5 Å². The molecule has 2 aromatic carbocycles. The lowest BCUT2D eigenvalue weighted by Gasteiger charge is -2.24. The van der Waals surface area contributed by atoms with Crippen LogP contribution in [-0.4, -0.2) is 30.8 Å². The monoisotopic (exact) mass is 441 g/mol. The van der Waals surface area contributed by atoms with Gasteiger partial charge in [-0.25, -0.2) is 14.4 Å². The molecule has 1 heterocycles. The average Bonchev–Trinajstić information content (AvgIpc) is 2.70. The van der Waals surface area contributed by atoms with Gasteiger partial charge in [-0.15, -0.1) is 0 Å². The highest BCUT2D eigenvalue weighted by Gasteiger charge is 2.28. The Bertz CT molecular complexity index is 1220. The molecule has 0 fully saturated rings. The maximum absolute atomic E-state index is 12.7. The van der Waals surface area contributed by atoms with E-state index < -0.39 is 29.3 Å². The first-order chi connectivity index (χ1) is 15.0. The van der Waals surface area contributed by atoms with Crippen LogP contribution in [0.1, 0.15) is 34.6 Å². The second kappa shape index (κ2) is 8.90. The van der Waals surface area contributed by atoms with Gasteiger partial charge in [0, 0.05) is 16.8 Å². The number of benzene rings is 2. The Morgan fingerprint density at radius 2 is 1.62 bits per heavy atom. The lowest BCUT2D eigenvalue weighted by molar-refractivity contribution is -0.137. The van der Waals surface area contributed by atoms with Gasteiger partial charge < -0.3 is 23.9 Å². The first-order valence-corrected chi connectivity index (χ1v) is 10.2. The van der Waals surface area contributed by atoms with Gasteiger partial charge in [0.1, 0.15) is 28.7 Å². The number of hydrogen-bond donors (Lipinski definition) is 1. The number of nitrogens with one attached hydrogen (secondary N) is 1. The second-order valence-electron chi connectivity index (χ2n) is 8.75. The van der Waals surface area contributed by atoms with E-state index in [9.17, 15) is 14.4 Å². The standard InChI is InChI=1S/C24H27NO7/c1-13(2)20(25-23(28)32-24(3,4)5)22(27)30-15-8-10-17-16-9-7-14(29-6)11-18(16)21(26)31-19(17)12-15/h7-13,20H,1-6H3,(H,25,28)/t20-/m0/s1. The van der Waals surface area contributed by atoms with Crippen molar-refractivity contribution in [3.05, 3.63) is 46.8 Å². The highest BCUT2D eigenvalue weighted by Crippen LogP contribution is 2.28. The molecule has 1 aromatic heterocycles. The molecule has 0 unspecified atom stereocenters. The quantitative estimate of drug-likeness (QED) is 0.271. The van der Waals surface area contributed by atoms with Gasteiger partial charge in [0.25, 0.3) is 0 Å². The summed E-state index contributed by atoms with van der Waals surface area (Å²) in [7, 11) is 1.52. The summed E-state index contributed by atoms with van der Waals surface area (Å²) in [6.45, 7) is 8.76. The molecular weight excluding hydrogens is 414 g/mol. The number of esters is 1. The van der Waals surface area contributed by atoms with Crippen molar-refractivity contribution in [3.63, 3.8) is 0 Å². The van der Waals surface area contributed by atoms with Crippen molar-refractivity contribution >= 4 is 33.8 Å². The van der Waals surface area contributed by atoms with Crippen molar-refractivity contribution in [2.24, 2.45) is 5.92 Å². The minimum Gasteiger partial charge on any atom is -0.497 e. The minimum atomic E-state index is -0.920. The fourth-order valence-corrected chi connectivity index (χ4v) is 3.19. The number of carbonyl (C=O) groups excluding carboxylic acids is 2. The van der Waals surface area contributed by atoms with E-state index in [0.717, 1.165) is 0 Å². The largest absolute Gasteiger partial charge is 0.497 e. The molecule has 1 N–H and O–H groups in total. The molecule has 0 aliphatic carbocycles. The maximum Gasteiger partial charge on any atom is 0.408 e. The van der Waals surface area contributed by atoms with E-state index in [4.69, 9.17) is 18.6 Å². The minimum absolute atomic E-state index is 0.190. The molecule has 8 heteroatoms. The van der Waals surface area contributed by atoms with Gasteiger partial charge in [0.15, 0.2) is 0 Å². The molecule has 0 radical (unpaired) electrons. The second-order valence-corrected chi connectivity index (χ2v) is 8.75. The summed E-state index contributed by atoms with van der Waals surface area (Å²) in [5.41, 5.74) is -0.946. The van der Waals surface area contributed by atoms with Crippen LogP contribution in [-0.2, 0) is 9.53 Å². The molecule has 1 atom stereocenters. The van der Waals surface area contributed by atoms with Crippen LogP contribution in [0, 0.1) is 5.92 Å². The number of carbonyl (C=O) groups is 2. The highest BCUT2D eigenvalue weighted by molar-refractivity contribution is 6.05. The first kappa shape index (κ1) is 23.1. The number of hydrogen-bond acceptors (Lipinski definition) is 7. The Hall–Kier alpha value is -3.55. The highest BCUT2D eigenvalue weighted by atomic mass is 16.6. The summed E-state index contributed by atoms with van der Waals surface area (Å²) >= 11 is 0. The summed E-state index contributed by atoms with van der Waals surface area (Å²) in [5, 5.41) is 4.33. The molecule has 32 heavy (non-hydrogen) atoms. The fraction of sp³-hybridized carbons (Fsp3) is 0.375. The maximum atomic E-state index is 12.7. The average molecular weight is 441 g/mol. The van der Waals surface area contributed by atoms with Crippen molar-refractivity contribution in [3.8, 4) is 11.5 Å². The predicted octanol–water partition coefficient (Wildman–Crippen LogP) is 4.41. The Morgan fingerprint density at radius 1 is 0.969 bits per heavy atom. The van der Waals surface area contributed by atoms with Crippen LogP contribution in [0.15, 0.2) is 45.6 Å². The molecule has 0 bridgehead atoms. The summed E-state index contributed by atoms with van der Waals surface area (Å²) in [4.78, 5) is 37.3.